The van der Waals surface area contributed by atoms with Crippen LogP contribution in [-0.2, 0) is 21.1 Å². The highest BCUT2D eigenvalue weighted by Crippen LogP contribution is 2.14. The van der Waals surface area contributed by atoms with Crippen LogP contribution in [0.15, 0.2) is 54.6 Å². The van der Waals surface area contributed by atoms with Gasteiger partial charge in [-0.15, -0.1) is 0 Å². The minimum Gasteiger partial charge on any atom is -0.299 e. The van der Waals surface area contributed by atoms with Crippen LogP contribution >= 0.6 is 0 Å². The third kappa shape index (κ3) is 7.40. The third-order valence-corrected chi connectivity index (χ3v) is 6.08. The van der Waals surface area contributed by atoms with Crippen LogP contribution in [0.3, 0.4) is 0 Å². The molecule has 1 atom stereocenters. The zero-order valence-corrected chi connectivity index (χ0v) is 16.8. The minimum atomic E-state index is -3.30. The van der Waals surface area contributed by atoms with E-state index in [9.17, 15) is 13.2 Å². The summed E-state index contributed by atoms with van der Waals surface area (Å²) in [6.07, 6.45) is 5.13. The molecule has 0 aliphatic rings. The molecule has 2 aromatic carbocycles. The van der Waals surface area contributed by atoms with Gasteiger partial charge in [0.25, 0.3) is 0 Å². The van der Waals surface area contributed by atoms with E-state index >= 15 is 0 Å². The second-order valence-electron chi connectivity index (χ2n) is 6.84. The van der Waals surface area contributed by atoms with E-state index in [1.54, 1.807) is 0 Å². The van der Waals surface area contributed by atoms with E-state index in [2.05, 4.69) is 24.0 Å². The zero-order valence-electron chi connectivity index (χ0n) is 15.9. The summed E-state index contributed by atoms with van der Waals surface area (Å²) in [5.41, 5.74) is 3.23. The molecule has 0 saturated carbocycles. The number of ketones is 1. The van der Waals surface area contributed by atoms with Gasteiger partial charge in [0.05, 0.1) is 0 Å². The highest BCUT2D eigenvalue weighted by atomic mass is 32.2. The first-order chi connectivity index (χ1) is 12.9. The summed E-state index contributed by atoms with van der Waals surface area (Å²) in [4.78, 5) is 11.5. The predicted molar refractivity (Wildman–Crippen MR) is 110 cm³/mol. The smallest absolute Gasteiger partial charge is 0.157 e. The number of carbonyl (C=O) groups excluding carboxylic acids is 1. The Labute approximate surface area is 162 Å². The maximum Gasteiger partial charge on any atom is 0.157 e. The van der Waals surface area contributed by atoms with Gasteiger partial charge in [0.15, 0.2) is 9.84 Å². The van der Waals surface area contributed by atoms with Crippen LogP contribution in [0, 0.1) is 11.8 Å². The molecule has 0 aliphatic heterocycles. The molecule has 0 aliphatic carbocycles. The van der Waals surface area contributed by atoms with Crippen molar-refractivity contribution in [1.82, 2.24) is 0 Å². The van der Waals surface area contributed by atoms with Crippen molar-refractivity contribution >= 4 is 15.6 Å². The molecule has 0 radical (unpaired) electrons. The van der Waals surface area contributed by atoms with Crippen LogP contribution in [0.4, 0.5) is 0 Å². The number of unbranched alkanes of at least 4 members (excludes halogenated alkanes) is 2. The van der Waals surface area contributed by atoms with E-state index in [1.807, 2.05) is 42.5 Å². The third-order valence-electron chi connectivity index (χ3n) is 4.48. The molecular weight excluding hydrogens is 356 g/mol. The fourth-order valence-corrected chi connectivity index (χ4v) is 4.17. The van der Waals surface area contributed by atoms with Crippen LogP contribution in [0.2, 0.25) is 0 Å². The van der Waals surface area contributed by atoms with Crippen LogP contribution < -0.4 is 0 Å². The highest BCUT2D eigenvalue weighted by molar-refractivity contribution is 7.92. The molecule has 142 valence electrons. The first kappa shape index (κ1) is 20.9. The Morgan fingerprint density at radius 3 is 2.04 bits per heavy atom. The molecule has 0 amide bonds. The Bertz CT molecular complexity index is 902. The predicted octanol–water partition coefficient (Wildman–Crippen LogP) is 4.19. The number of Topliss-reactive ketones (excluding diaryl/α,β-unsaturated/α-hetero) is 1. The van der Waals surface area contributed by atoms with Crippen molar-refractivity contribution < 1.29 is 13.2 Å². The standard InChI is InChI=1S/C23H26O3S/c1-19(24)23(27(2,25)26)12-8-4-7-11-21-14-17-22(18-15-21)16-13-20-9-5-3-6-10-20/h3,5-6,9-10,14-15,17-18,23H,4,7-8,11-12H2,1-2H3. The molecule has 0 aromatic heterocycles. The molecule has 0 spiro atoms. The van der Waals surface area contributed by atoms with Crippen molar-refractivity contribution in [2.75, 3.05) is 6.26 Å². The maximum atomic E-state index is 11.6. The van der Waals surface area contributed by atoms with Gasteiger partial charge in [0.1, 0.15) is 11.0 Å². The molecule has 0 saturated heterocycles. The Kier molecular flexibility index (Phi) is 7.82. The van der Waals surface area contributed by atoms with Crippen molar-refractivity contribution in [3.63, 3.8) is 0 Å². The van der Waals surface area contributed by atoms with Crippen molar-refractivity contribution in [3.05, 3.63) is 71.3 Å². The van der Waals surface area contributed by atoms with Gasteiger partial charge in [0, 0.05) is 17.4 Å². The SMILES string of the molecule is CC(=O)C(CCCCCc1ccc(C#Cc2ccccc2)cc1)S(C)(=O)=O. The van der Waals surface area contributed by atoms with Crippen molar-refractivity contribution in [1.29, 1.82) is 0 Å². The van der Waals surface area contributed by atoms with Crippen molar-refractivity contribution in [3.8, 4) is 11.8 Å². The summed E-state index contributed by atoms with van der Waals surface area (Å²) >= 11 is 0. The summed E-state index contributed by atoms with van der Waals surface area (Å²) in [7, 11) is -3.30. The molecule has 0 heterocycles. The average Bonchev–Trinajstić information content (AvgIpc) is 2.63. The van der Waals surface area contributed by atoms with E-state index in [0.717, 1.165) is 43.1 Å². The molecule has 0 fully saturated rings. The first-order valence-electron chi connectivity index (χ1n) is 9.21. The van der Waals surface area contributed by atoms with Crippen LogP contribution in [-0.4, -0.2) is 25.7 Å². The number of rotatable bonds is 8. The lowest BCUT2D eigenvalue weighted by molar-refractivity contribution is -0.116. The summed E-state index contributed by atoms with van der Waals surface area (Å²) in [6, 6.07) is 18.1. The van der Waals surface area contributed by atoms with Gasteiger partial charge in [0.2, 0.25) is 0 Å². The molecular formula is C23H26O3S. The number of carbonyl (C=O) groups is 1. The Balaban J connectivity index is 1.77. The quantitative estimate of drug-likeness (QED) is 0.508. The maximum absolute atomic E-state index is 11.6. The Hall–Kier alpha value is -2.38. The Morgan fingerprint density at radius 1 is 0.889 bits per heavy atom. The summed E-state index contributed by atoms with van der Waals surface area (Å²) < 4.78 is 23.2. The zero-order chi connectivity index (χ0) is 19.7. The minimum absolute atomic E-state index is 0.260. The molecule has 27 heavy (non-hydrogen) atoms. The number of aryl methyl sites for hydroxylation is 1. The number of hydrogen-bond donors (Lipinski definition) is 0. The number of hydrogen-bond acceptors (Lipinski definition) is 3. The lowest BCUT2D eigenvalue weighted by Gasteiger charge is -2.11. The average molecular weight is 383 g/mol. The van der Waals surface area contributed by atoms with E-state index in [1.165, 1.54) is 12.5 Å². The lowest BCUT2D eigenvalue weighted by Crippen LogP contribution is -2.27. The van der Waals surface area contributed by atoms with E-state index in [4.69, 9.17) is 0 Å². The molecule has 0 N–H and O–H groups in total. The molecule has 2 rings (SSSR count). The summed E-state index contributed by atoms with van der Waals surface area (Å²) in [5, 5.41) is -0.847. The lowest BCUT2D eigenvalue weighted by atomic mass is 10.0. The van der Waals surface area contributed by atoms with Gasteiger partial charge >= 0.3 is 0 Å². The molecule has 4 heteroatoms. The van der Waals surface area contributed by atoms with E-state index in [-0.39, 0.29) is 5.78 Å². The number of sulfone groups is 1. The second kappa shape index (κ2) is 10.1. The van der Waals surface area contributed by atoms with E-state index in [0.29, 0.717) is 6.42 Å². The van der Waals surface area contributed by atoms with Crippen LogP contribution in [0.25, 0.3) is 0 Å². The first-order valence-corrected chi connectivity index (χ1v) is 11.2. The summed E-state index contributed by atoms with van der Waals surface area (Å²) in [6.45, 7) is 1.36. The van der Waals surface area contributed by atoms with Crippen molar-refractivity contribution in [2.24, 2.45) is 0 Å². The second-order valence-corrected chi connectivity index (χ2v) is 9.07. The van der Waals surface area contributed by atoms with Crippen molar-refractivity contribution in [2.45, 2.75) is 44.3 Å². The van der Waals surface area contributed by atoms with Gasteiger partial charge in [-0.2, -0.15) is 0 Å². The van der Waals surface area contributed by atoms with Gasteiger partial charge in [-0.3, -0.25) is 4.79 Å². The molecule has 3 nitrogen and oxygen atoms in total. The highest BCUT2D eigenvalue weighted by Gasteiger charge is 2.24. The Morgan fingerprint density at radius 2 is 1.48 bits per heavy atom. The normalized spacial score (nSPS) is 12.1. The van der Waals surface area contributed by atoms with Crippen LogP contribution in [0.5, 0.6) is 0 Å². The summed E-state index contributed by atoms with van der Waals surface area (Å²) in [5.74, 6) is 6.05. The van der Waals surface area contributed by atoms with Gasteiger partial charge < -0.3 is 0 Å². The van der Waals surface area contributed by atoms with Gasteiger partial charge in [-0.05, 0) is 56.0 Å². The monoisotopic (exact) mass is 382 g/mol. The fourth-order valence-electron chi connectivity index (χ4n) is 2.98. The van der Waals surface area contributed by atoms with E-state index < -0.39 is 15.1 Å². The van der Waals surface area contributed by atoms with Gasteiger partial charge in [-0.25, -0.2) is 8.42 Å². The molecule has 2 aromatic rings. The molecule has 1 unspecified atom stereocenters. The molecule has 0 bridgehead atoms. The fraction of sp³-hybridized carbons (Fsp3) is 0.348. The largest absolute Gasteiger partial charge is 0.299 e. The van der Waals surface area contributed by atoms with Crippen LogP contribution in [0.1, 0.15) is 49.3 Å². The van der Waals surface area contributed by atoms with Gasteiger partial charge in [-0.1, -0.05) is 55.0 Å². The topological polar surface area (TPSA) is 51.2 Å². The number of benzene rings is 2.